The first kappa shape index (κ1) is 19.9. The number of nitrogens with one attached hydrogen (secondary N) is 1. The number of rotatable bonds is 4. The summed E-state index contributed by atoms with van der Waals surface area (Å²) in [6.07, 6.45) is 5.83. The van der Waals surface area contributed by atoms with E-state index in [0.717, 1.165) is 59.7 Å². The van der Waals surface area contributed by atoms with Gasteiger partial charge in [0.2, 0.25) is 0 Å². The molecule has 164 valence electrons. The first-order chi connectivity index (χ1) is 16.3. The zero-order valence-corrected chi connectivity index (χ0v) is 18.7. The molecule has 1 fully saturated rings. The van der Waals surface area contributed by atoms with Crippen molar-refractivity contribution in [2.45, 2.75) is 25.8 Å². The summed E-state index contributed by atoms with van der Waals surface area (Å²) >= 11 is 0. The van der Waals surface area contributed by atoms with Crippen molar-refractivity contribution in [3.05, 3.63) is 84.8 Å². The molecule has 1 N–H and O–H groups in total. The van der Waals surface area contributed by atoms with Crippen molar-refractivity contribution < 1.29 is 4.74 Å². The van der Waals surface area contributed by atoms with Crippen LogP contribution in [0, 0.1) is 6.92 Å². The molecule has 0 atom stereocenters. The van der Waals surface area contributed by atoms with Crippen LogP contribution in [0.5, 0.6) is 0 Å². The standard InChI is InChI=1S/C28H26N4O/c1-19-5-4-8-24(15-19)32-17-25(22-10-9-20-6-2-3-7-21(20)16-22)26-27(29-18-30-28(26)32)31-23-11-13-33-14-12-23/h2-10,15-18,23H,11-14H2,1H3,(H,29,30,31). The number of ether oxygens (including phenoxy) is 1. The highest BCUT2D eigenvalue weighted by Crippen LogP contribution is 2.37. The Balaban J connectivity index is 1.57. The molecule has 6 rings (SSSR count). The van der Waals surface area contributed by atoms with E-state index in [4.69, 9.17) is 14.7 Å². The lowest BCUT2D eigenvalue weighted by Gasteiger charge is -2.24. The van der Waals surface area contributed by atoms with E-state index in [0.29, 0.717) is 6.04 Å². The van der Waals surface area contributed by atoms with Crippen LogP contribution in [-0.2, 0) is 4.74 Å². The summed E-state index contributed by atoms with van der Waals surface area (Å²) < 4.78 is 7.74. The number of aromatic nitrogens is 3. The third-order valence-electron chi connectivity index (χ3n) is 6.49. The van der Waals surface area contributed by atoms with E-state index in [1.165, 1.54) is 16.3 Å². The Hall–Kier alpha value is -3.70. The van der Waals surface area contributed by atoms with Gasteiger partial charge in [-0.2, -0.15) is 0 Å². The summed E-state index contributed by atoms with van der Waals surface area (Å²) in [5.41, 5.74) is 5.52. The van der Waals surface area contributed by atoms with E-state index < -0.39 is 0 Å². The van der Waals surface area contributed by atoms with Gasteiger partial charge in [-0.3, -0.25) is 0 Å². The van der Waals surface area contributed by atoms with Gasteiger partial charge in [-0.25, -0.2) is 9.97 Å². The van der Waals surface area contributed by atoms with Crippen LogP contribution in [0.15, 0.2) is 79.3 Å². The van der Waals surface area contributed by atoms with Crippen LogP contribution in [0.2, 0.25) is 0 Å². The van der Waals surface area contributed by atoms with Gasteiger partial charge in [-0.1, -0.05) is 48.5 Å². The Morgan fingerprint density at radius 3 is 2.61 bits per heavy atom. The maximum Gasteiger partial charge on any atom is 0.150 e. The van der Waals surface area contributed by atoms with Gasteiger partial charge in [-0.15, -0.1) is 0 Å². The number of fused-ring (bicyclic) bond motifs is 2. The van der Waals surface area contributed by atoms with Crippen molar-refractivity contribution in [2.24, 2.45) is 0 Å². The van der Waals surface area contributed by atoms with E-state index in [-0.39, 0.29) is 0 Å². The molecule has 5 heteroatoms. The van der Waals surface area contributed by atoms with Crippen molar-refractivity contribution in [2.75, 3.05) is 18.5 Å². The summed E-state index contributed by atoms with van der Waals surface area (Å²) in [6.45, 7) is 3.69. The van der Waals surface area contributed by atoms with Crippen molar-refractivity contribution >= 4 is 27.6 Å². The minimum Gasteiger partial charge on any atom is -0.381 e. The molecule has 0 aliphatic carbocycles. The quantitative estimate of drug-likeness (QED) is 0.369. The van der Waals surface area contributed by atoms with Gasteiger partial charge in [-0.05, 0) is 59.9 Å². The predicted molar refractivity (Wildman–Crippen MR) is 134 cm³/mol. The first-order valence-electron chi connectivity index (χ1n) is 11.5. The monoisotopic (exact) mass is 434 g/mol. The molecule has 3 heterocycles. The second-order valence-corrected chi connectivity index (χ2v) is 8.77. The fourth-order valence-corrected chi connectivity index (χ4v) is 4.76. The fraction of sp³-hybridized carbons (Fsp3) is 0.214. The van der Waals surface area contributed by atoms with Crippen molar-refractivity contribution in [3.63, 3.8) is 0 Å². The van der Waals surface area contributed by atoms with Gasteiger partial charge in [0, 0.05) is 36.7 Å². The number of aryl methyl sites for hydroxylation is 1. The lowest BCUT2D eigenvalue weighted by Crippen LogP contribution is -2.28. The van der Waals surface area contributed by atoms with E-state index >= 15 is 0 Å². The van der Waals surface area contributed by atoms with Crippen LogP contribution in [0.3, 0.4) is 0 Å². The minimum absolute atomic E-state index is 0.351. The molecule has 5 aromatic rings. The number of benzene rings is 3. The molecule has 33 heavy (non-hydrogen) atoms. The summed E-state index contributed by atoms with van der Waals surface area (Å²) in [5, 5.41) is 7.22. The fourth-order valence-electron chi connectivity index (χ4n) is 4.76. The highest BCUT2D eigenvalue weighted by atomic mass is 16.5. The second kappa shape index (κ2) is 8.34. The number of nitrogens with zero attached hydrogens (tertiary/aromatic N) is 3. The van der Waals surface area contributed by atoms with Gasteiger partial charge in [0.25, 0.3) is 0 Å². The van der Waals surface area contributed by atoms with Crippen molar-refractivity contribution in [3.8, 4) is 16.8 Å². The van der Waals surface area contributed by atoms with E-state index in [1.54, 1.807) is 6.33 Å². The average molecular weight is 435 g/mol. The Morgan fingerprint density at radius 2 is 1.76 bits per heavy atom. The Bertz CT molecular complexity index is 1450. The zero-order valence-electron chi connectivity index (χ0n) is 18.7. The van der Waals surface area contributed by atoms with Crippen LogP contribution < -0.4 is 5.32 Å². The molecule has 0 spiro atoms. The molecule has 0 bridgehead atoms. The van der Waals surface area contributed by atoms with Crippen molar-refractivity contribution in [1.29, 1.82) is 0 Å². The Kier molecular flexibility index (Phi) is 5.04. The van der Waals surface area contributed by atoms with Gasteiger partial charge in [0.1, 0.15) is 12.1 Å². The number of hydrogen-bond acceptors (Lipinski definition) is 4. The summed E-state index contributed by atoms with van der Waals surface area (Å²) in [5.74, 6) is 0.890. The van der Waals surface area contributed by atoms with Crippen LogP contribution in [-0.4, -0.2) is 33.8 Å². The molecule has 0 radical (unpaired) electrons. The Morgan fingerprint density at radius 1 is 0.909 bits per heavy atom. The average Bonchev–Trinajstić information content (AvgIpc) is 3.25. The molecule has 0 unspecified atom stereocenters. The number of anilines is 1. The topological polar surface area (TPSA) is 52.0 Å². The van der Waals surface area contributed by atoms with Crippen LogP contribution in [0.4, 0.5) is 5.82 Å². The molecule has 1 saturated heterocycles. The summed E-state index contributed by atoms with van der Waals surface area (Å²) in [6, 6.07) is 24.0. The normalized spacial score (nSPS) is 14.7. The molecule has 1 aliphatic heterocycles. The van der Waals surface area contributed by atoms with Gasteiger partial charge >= 0.3 is 0 Å². The van der Waals surface area contributed by atoms with E-state index in [1.807, 2.05) is 0 Å². The lowest BCUT2D eigenvalue weighted by molar-refractivity contribution is 0.0904. The predicted octanol–water partition coefficient (Wildman–Crippen LogP) is 6.14. The molecule has 2 aromatic heterocycles. The van der Waals surface area contributed by atoms with E-state index in [2.05, 4.69) is 89.7 Å². The van der Waals surface area contributed by atoms with Gasteiger partial charge in [0.05, 0.1) is 5.39 Å². The second-order valence-electron chi connectivity index (χ2n) is 8.77. The maximum absolute atomic E-state index is 5.56. The molecule has 1 aliphatic rings. The Labute approximate surface area is 193 Å². The zero-order chi connectivity index (χ0) is 22.2. The largest absolute Gasteiger partial charge is 0.381 e. The van der Waals surface area contributed by atoms with Gasteiger partial charge in [0.15, 0.2) is 5.65 Å². The smallest absolute Gasteiger partial charge is 0.150 e. The molecular weight excluding hydrogens is 408 g/mol. The summed E-state index contributed by atoms with van der Waals surface area (Å²) in [7, 11) is 0. The van der Waals surface area contributed by atoms with Crippen molar-refractivity contribution in [1.82, 2.24) is 14.5 Å². The summed E-state index contributed by atoms with van der Waals surface area (Å²) in [4.78, 5) is 9.43. The highest BCUT2D eigenvalue weighted by Gasteiger charge is 2.21. The van der Waals surface area contributed by atoms with Gasteiger partial charge < -0.3 is 14.6 Å². The third kappa shape index (κ3) is 3.74. The molecular formula is C28H26N4O. The minimum atomic E-state index is 0.351. The van der Waals surface area contributed by atoms with E-state index in [9.17, 15) is 0 Å². The lowest BCUT2D eigenvalue weighted by atomic mass is 10.0. The number of hydrogen-bond donors (Lipinski definition) is 1. The molecule has 0 saturated carbocycles. The third-order valence-corrected chi connectivity index (χ3v) is 6.49. The molecule has 0 amide bonds. The first-order valence-corrected chi connectivity index (χ1v) is 11.5. The SMILES string of the molecule is Cc1cccc(-n2cc(-c3ccc4ccccc4c3)c3c(NC4CCOCC4)ncnc32)c1. The highest BCUT2D eigenvalue weighted by molar-refractivity contribution is 6.03. The maximum atomic E-state index is 5.56. The van der Waals surface area contributed by atoms with Crippen LogP contribution in [0.25, 0.3) is 38.6 Å². The molecule has 5 nitrogen and oxygen atoms in total. The van der Waals surface area contributed by atoms with Crippen LogP contribution >= 0.6 is 0 Å². The molecule has 3 aromatic carbocycles. The van der Waals surface area contributed by atoms with Crippen LogP contribution in [0.1, 0.15) is 18.4 Å².